The minimum absolute atomic E-state index is 1.37. The summed E-state index contributed by atoms with van der Waals surface area (Å²) in [6.07, 6.45) is 20.7. The average Bonchev–Trinajstić information content (AvgIpc) is 2.62. The fourth-order valence-electron chi connectivity index (χ4n) is 3.85. The third-order valence-corrected chi connectivity index (χ3v) is 32.5. The summed E-state index contributed by atoms with van der Waals surface area (Å²) in [4.78, 5) is 0. The summed E-state index contributed by atoms with van der Waals surface area (Å²) in [5.41, 5.74) is 0. The van der Waals surface area contributed by atoms with Gasteiger partial charge in [0, 0.05) is 0 Å². The first-order valence-corrected chi connectivity index (χ1v) is 22.3. The molecule has 0 heterocycles. The van der Waals surface area contributed by atoms with Gasteiger partial charge in [-0.1, -0.05) is 26.2 Å². The Labute approximate surface area is 166 Å². The monoisotopic (exact) mass is 514 g/mol. The van der Waals surface area contributed by atoms with Crippen LogP contribution in [0, 0.1) is 0 Å². The molecule has 0 aromatic rings. The number of halogens is 1. The maximum absolute atomic E-state index is 2.98. The van der Waals surface area contributed by atoms with Crippen molar-refractivity contribution < 1.29 is 0 Å². The number of rotatable bonds is 18. The van der Waals surface area contributed by atoms with Crippen LogP contribution in [0.1, 0.15) is 118 Å². The minimum atomic E-state index is -1.89. The number of hydrogen-bond acceptors (Lipinski definition) is 0. The molecule has 0 aromatic carbocycles. The van der Waals surface area contributed by atoms with Crippen LogP contribution in [0.4, 0.5) is 0 Å². The molecular weight excluding hydrogens is 466 g/mol. The fraction of sp³-hybridized carbons (Fsp3) is 1.00. The van der Waals surface area contributed by atoms with E-state index in [0.29, 0.717) is 0 Å². The standard InChI is InChI=1S/C22H48AsI/c1-5-9-10-11-12-13-14-15-16-17-18-19-20-21-22-23(24,6-2,7-3)8-4/h5-22H2,1-4H3. The van der Waals surface area contributed by atoms with Crippen molar-refractivity contribution in [3.05, 3.63) is 0 Å². The normalized spacial score (nSPS) is 13.8. The zero-order chi connectivity index (χ0) is 18.2. The molecule has 0 spiro atoms. The number of hydrogen-bond donors (Lipinski definition) is 0. The quantitative estimate of drug-likeness (QED) is 0.0970. The van der Waals surface area contributed by atoms with Gasteiger partial charge in [0.1, 0.15) is 0 Å². The van der Waals surface area contributed by atoms with Crippen LogP contribution < -0.4 is 0 Å². The SMILES string of the molecule is CCCCCCCCCCCCCCCC[As](I)(CC)(CC)CC. The van der Waals surface area contributed by atoms with Gasteiger partial charge in [-0.15, -0.1) is 0 Å². The molecule has 0 saturated heterocycles. The Hall–Kier alpha value is 1.29. The Bertz CT molecular complexity index is 262. The van der Waals surface area contributed by atoms with Gasteiger partial charge in [-0.25, -0.2) is 0 Å². The van der Waals surface area contributed by atoms with Gasteiger partial charge in [0.2, 0.25) is 0 Å². The second-order valence-electron chi connectivity index (χ2n) is 8.09. The van der Waals surface area contributed by atoms with Crippen LogP contribution in [0.3, 0.4) is 0 Å². The molecule has 0 aliphatic rings. The predicted molar refractivity (Wildman–Crippen MR) is 126 cm³/mol. The van der Waals surface area contributed by atoms with Gasteiger partial charge in [0.05, 0.1) is 0 Å². The molecule has 0 rings (SSSR count). The molecule has 0 aliphatic heterocycles. The van der Waals surface area contributed by atoms with Crippen molar-refractivity contribution in [2.75, 3.05) is 0 Å². The van der Waals surface area contributed by atoms with Crippen LogP contribution in [-0.2, 0) is 0 Å². The number of unbranched alkanes of at least 4 members (excludes halogenated alkanes) is 13. The summed E-state index contributed by atoms with van der Waals surface area (Å²) in [6.45, 7) is 9.70. The molecule has 148 valence electrons. The molecule has 0 fully saturated rings. The first-order valence-electron chi connectivity index (χ1n) is 11.3. The van der Waals surface area contributed by atoms with Gasteiger partial charge in [-0.2, -0.15) is 0 Å². The Morgan fingerprint density at radius 3 is 1.04 bits per heavy atom. The van der Waals surface area contributed by atoms with Gasteiger partial charge in [-0.3, -0.25) is 0 Å². The summed E-state index contributed by atoms with van der Waals surface area (Å²) < 4.78 is 0. The molecule has 0 atom stereocenters. The van der Waals surface area contributed by atoms with Crippen LogP contribution in [0.2, 0.25) is 20.8 Å². The van der Waals surface area contributed by atoms with E-state index in [1.54, 1.807) is 5.21 Å². The second-order valence-corrected chi connectivity index (χ2v) is 34.8. The van der Waals surface area contributed by atoms with E-state index >= 15 is 0 Å². The summed E-state index contributed by atoms with van der Waals surface area (Å²) >= 11 is 2.98. The molecule has 0 amide bonds. The van der Waals surface area contributed by atoms with Crippen molar-refractivity contribution in [3.63, 3.8) is 0 Å². The second kappa shape index (κ2) is 15.4. The van der Waals surface area contributed by atoms with Gasteiger partial charge in [0.25, 0.3) is 0 Å². The van der Waals surface area contributed by atoms with Crippen LogP contribution in [0.5, 0.6) is 0 Å². The summed E-state index contributed by atoms with van der Waals surface area (Å²) in [5.74, 6) is 0. The summed E-state index contributed by atoms with van der Waals surface area (Å²) in [5, 5.41) is 6.11. The maximum atomic E-state index is 2.98. The van der Waals surface area contributed by atoms with E-state index < -0.39 is 9.10 Å². The van der Waals surface area contributed by atoms with Crippen molar-refractivity contribution in [2.24, 2.45) is 0 Å². The zero-order valence-electron chi connectivity index (χ0n) is 17.6. The van der Waals surface area contributed by atoms with E-state index in [-0.39, 0.29) is 0 Å². The van der Waals surface area contributed by atoms with E-state index in [2.05, 4.69) is 47.8 Å². The first kappa shape index (κ1) is 25.3. The molecular formula is C22H48AsI. The molecule has 0 bridgehead atoms. The van der Waals surface area contributed by atoms with Crippen LogP contribution in [-0.4, -0.2) is 9.10 Å². The predicted octanol–water partition coefficient (Wildman–Crippen LogP) is 9.86. The van der Waals surface area contributed by atoms with Crippen LogP contribution in [0.25, 0.3) is 0 Å². The summed E-state index contributed by atoms with van der Waals surface area (Å²) in [6, 6.07) is 0. The third-order valence-electron chi connectivity index (χ3n) is 6.44. The fourth-order valence-corrected chi connectivity index (χ4v) is 12.6. The molecule has 0 unspecified atom stereocenters. The molecule has 24 heavy (non-hydrogen) atoms. The molecule has 0 radical (unpaired) electrons. The Balaban J connectivity index is 3.40. The average molecular weight is 514 g/mol. The first-order chi connectivity index (χ1) is 11.5. The molecule has 0 saturated carbocycles. The third kappa shape index (κ3) is 11.8. The Kier molecular flexibility index (Phi) is 16.2. The van der Waals surface area contributed by atoms with E-state index in [1.165, 1.54) is 106 Å². The van der Waals surface area contributed by atoms with E-state index in [0.717, 1.165) is 0 Å². The summed E-state index contributed by atoms with van der Waals surface area (Å²) in [7, 11) is -1.89. The van der Waals surface area contributed by atoms with Crippen LogP contribution in [0.15, 0.2) is 0 Å². The van der Waals surface area contributed by atoms with Gasteiger partial charge < -0.3 is 0 Å². The topological polar surface area (TPSA) is 0 Å². The molecule has 0 aliphatic carbocycles. The van der Waals surface area contributed by atoms with Crippen LogP contribution >= 0.6 is 20.1 Å². The van der Waals surface area contributed by atoms with Gasteiger partial charge >= 0.3 is 141 Å². The molecule has 0 aromatic heterocycles. The van der Waals surface area contributed by atoms with Crippen molar-refractivity contribution in [2.45, 2.75) is 138 Å². The van der Waals surface area contributed by atoms with Crippen molar-refractivity contribution in [3.8, 4) is 0 Å². The molecule has 2 heteroatoms. The van der Waals surface area contributed by atoms with Crippen molar-refractivity contribution in [1.82, 2.24) is 0 Å². The van der Waals surface area contributed by atoms with Crippen molar-refractivity contribution in [1.29, 1.82) is 0 Å². The van der Waals surface area contributed by atoms with Gasteiger partial charge in [-0.05, 0) is 0 Å². The van der Waals surface area contributed by atoms with E-state index in [9.17, 15) is 0 Å². The van der Waals surface area contributed by atoms with E-state index in [1.807, 2.05) is 0 Å². The molecule has 0 nitrogen and oxygen atoms in total. The zero-order valence-corrected chi connectivity index (χ0v) is 21.6. The Morgan fingerprint density at radius 1 is 0.458 bits per heavy atom. The van der Waals surface area contributed by atoms with Crippen molar-refractivity contribution >= 4 is 29.2 Å². The van der Waals surface area contributed by atoms with E-state index in [4.69, 9.17) is 0 Å². The molecule has 0 N–H and O–H groups in total. The Morgan fingerprint density at radius 2 is 0.750 bits per heavy atom. The van der Waals surface area contributed by atoms with Gasteiger partial charge in [0.15, 0.2) is 0 Å².